The van der Waals surface area contributed by atoms with Crippen molar-refractivity contribution in [2.75, 3.05) is 19.8 Å². The van der Waals surface area contributed by atoms with Crippen molar-refractivity contribution >= 4 is 5.78 Å². The van der Waals surface area contributed by atoms with Crippen LogP contribution in [0.5, 0.6) is 5.75 Å². The molecule has 0 amide bonds. The van der Waals surface area contributed by atoms with Crippen LogP contribution in [0, 0.1) is 11.8 Å². The van der Waals surface area contributed by atoms with E-state index in [1.165, 1.54) is 51.4 Å². The number of carbonyl (C=O) groups excluding carboxylic acids is 1. The number of rotatable bonds is 7. The Morgan fingerprint density at radius 2 is 1.39 bits per heavy atom. The summed E-state index contributed by atoms with van der Waals surface area (Å²) < 4.78 is 6.05. The molecule has 2 aromatic carbocycles. The molecule has 0 N–H and O–H groups in total. The first kappa shape index (κ1) is 23.5. The Morgan fingerprint density at radius 1 is 0.839 bits per heavy atom. The summed E-state index contributed by atoms with van der Waals surface area (Å²) in [4.78, 5) is 13.9. The minimum atomic E-state index is 0. The number of hydrogen-bond donors (Lipinski definition) is 0. The minimum Gasteiger partial charge on any atom is -0.478 e. The molecule has 0 aromatic heterocycles. The highest BCUT2D eigenvalue weighted by atomic mass is 16.5. The molecular weight excluding hydrogens is 382 g/mol. The molecule has 3 heteroatoms. The smallest absolute Gasteiger partial charge is 0.159 e. The van der Waals surface area contributed by atoms with E-state index in [1.54, 1.807) is 6.92 Å². The maximum absolute atomic E-state index is 11.4. The van der Waals surface area contributed by atoms with E-state index in [-0.39, 0.29) is 13.2 Å². The molecule has 1 saturated heterocycles. The summed E-state index contributed by atoms with van der Waals surface area (Å²) in [6.07, 6.45) is 11.4. The second-order valence-corrected chi connectivity index (χ2v) is 9.23. The summed E-state index contributed by atoms with van der Waals surface area (Å²) in [7, 11) is 0. The van der Waals surface area contributed by atoms with E-state index in [9.17, 15) is 4.79 Å². The molecule has 1 aliphatic carbocycles. The van der Waals surface area contributed by atoms with Gasteiger partial charge in [0.05, 0.1) is 0 Å². The van der Waals surface area contributed by atoms with Gasteiger partial charge in [0.1, 0.15) is 12.5 Å². The van der Waals surface area contributed by atoms with Crippen molar-refractivity contribution < 1.29 is 9.53 Å². The maximum atomic E-state index is 11.4. The molecule has 1 heterocycles. The monoisotopic (exact) mass is 421 g/mol. The lowest BCUT2D eigenvalue weighted by Gasteiger charge is -2.34. The lowest BCUT2D eigenvalue weighted by Crippen LogP contribution is -2.37. The van der Waals surface area contributed by atoms with Crippen LogP contribution in [0.15, 0.2) is 48.5 Å². The molecule has 168 valence electrons. The maximum Gasteiger partial charge on any atom is 0.159 e. The van der Waals surface area contributed by atoms with E-state index < -0.39 is 0 Å². The van der Waals surface area contributed by atoms with Crippen molar-refractivity contribution in [1.82, 2.24) is 4.90 Å². The van der Waals surface area contributed by atoms with Gasteiger partial charge in [0.15, 0.2) is 5.78 Å². The first-order chi connectivity index (χ1) is 14.7. The molecule has 2 aliphatic rings. The zero-order valence-corrected chi connectivity index (χ0v) is 18.3. The average Bonchev–Trinajstić information content (AvgIpc) is 2.80. The Bertz CT molecular complexity index is 798. The molecule has 1 saturated carbocycles. The quantitative estimate of drug-likeness (QED) is 0.442. The van der Waals surface area contributed by atoms with E-state index in [1.807, 2.05) is 36.4 Å². The summed E-state index contributed by atoms with van der Waals surface area (Å²) in [5.74, 6) is 2.95. The molecule has 0 unspecified atom stereocenters. The van der Waals surface area contributed by atoms with E-state index in [2.05, 4.69) is 17.0 Å². The molecule has 0 atom stereocenters. The van der Waals surface area contributed by atoms with E-state index in [4.69, 9.17) is 4.74 Å². The van der Waals surface area contributed by atoms with Gasteiger partial charge in [-0.05, 0) is 61.3 Å². The fourth-order valence-electron chi connectivity index (χ4n) is 5.05. The van der Waals surface area contributed by atoms with Gasteiger partial charge >= 0.3 is 0 Å². The zero-order chi connectivity index (χ0) is 20.8. The Hall–Kier alpha value is -2.13. The van der Waals surface area contributed by atoms with Gasteiger partial charge in [0.25, 0.3) is 0 Å². The fourth-order valence-corrected chi connectivity index (χ4v) is 5.05. The van der Waals surface area contributed by atoms with Crippen LogP contribution in [0.2, 0.25) is 0 Å². The number of piperidine rings is 1. The highest BCUT2D eigenvalue weighted by Gasteiger charge is 2.23. The molecule has 0 bridgehead atoms. The third-order valence-electron chi connectivity index (χ3n) is 6.99. The van der Waals surface area contributed by atoms with Gasteiger partial charge in [-0.25, -0.2) is 0 Å². The predicted octanol–water partition coefficient (Wildman–Crippen LogP) is 7.21. The number of Topliss-reactive ketones (excluding diaryl/α,β-unsaturated/α-hetero) is 1. The number of hydrogen-bond acceptors (Lipinski definition) is 3. The largest absolute Gasteiger partial charge is 0.478 e. The molecule has 4 rings (SSSR count). The number of ketones is 1. The number of ether oxygens (including phenoxy) is 1. The van der Waals surface area contributed by atoms with Crippen LogP contribution in [0.4, 0.5) is 0 Å². The molecule has 2 fully saturated rings. The number of benzene rings is 2. The minimum absolute atomic E-state index is 0. The highest BCUT2D eigenvalue weighted by molar-refractivity contribution is 5.94. The van der Waals surface area contributed by atoms with Crippen LogP contribution < -0.4 is 4.74 Å². The number of carbonyl (C=O) groups is 1. The summed E-state index contributed by atoms with van der Waals surface area (Å²) in [6, 6.07) is 16.1. The van der Waals surface area contributed by atoms with Crippen LogP contribution in [0.3, 0.4) is 0 Å². The van der Waals surface area contributed by atoms with Crippen molar-refractivity contribution in [1.29, 1.82) is 0 Å². The fraction of sp³-hybridized carbons (Fsp3) is 0.536. The summed E-state index contributed by atoms with van der Waals surface area (Å²) in [6.45, 7) is 4.61. The normalized spacial score (nSPS) is 18.4. The van der Waals surface area contributed by atoms with Crippen LogP contribution in [0.25, 0.3) is 11.1 Å². The van der Waals surface area contributed by atoms with Gasteiger partial charge in [0, 0.05) is 18.7 Å². The lowest BCUT2D eigenvalue weighted by molar-refractivity contribution is 0.0804. The molecule has 1 aliphatic heterocycles. The predicted molar refractivity (Wildman–Crippen MR) is 130 cm³/mol. The Balaban J connectivity index is 0.00000272. The highest BCUT2D eigenvalue weighted by Crippen LogP contribution is 2.33. The van der Waals surface area contributed by atoms with Gasteiger partial charge in [-0.15, -0.1) is 0 Å². The van der Waals surface area contributed by atoms with Gasteiger partial charge in [-0.3, -0.25) is 9.69 Å². The van der Waals surface area contributed by atoms with Gasteiger partial charge in [0.2, 0.25) is 0 Å². The summed E-state index contributed by atoms with van der Waals surface area (Å²) >= 11 is 0. The standard InChI is InChI=1S/C27H35NO2.CH4/c1-21(29)24-7-9-25(10-8-24)26-11-13-27(14-12-26)30-20-28-17-15-23(16-18-28)19-22-5-3-2-4-6-22;/h7-14,22-23H,2-6,15-20H2,1H3;1H4. The van der Waals surface area contributed by atoms with Crippen molar-refractivity contribution in [3.63, 3.8) is 0 Å². The van der Waals surface area contributed by atoms with Gasteiger partial charge in [-0.2, -0.15) is 0 Å². The second kappa shape index (κ2) is 11.5. The van der Waals surface area contributed by atoms with Gasteiger partial charge in [-0.1, -0.05) is 75.9 Å². The zero-order valence-electron chi connectivity index (χ0n) is 18.3. The Kier molecular flexibility index (Phi) is 8.71. The molecule has 0 radical (unpaired) electrons. The van der Waals surface area contributed by atoms with Crippen LogP contribution in [-0.4, -0.2) is 30.5 Å². The average molecular weight is 422 g/mol. The van der Waals surface area contributed by atoms with E-state index >= 15 is 0 Å². The van der Waals surface area contributed by atoms with Crippen molar-refractivity contribution in [2.45, 2.75) is 65.7 Å². The van der Waals surface area contributed by atoms with Gasteiger partial charge < -0.3 is 4.74 Å². The number of nitrogens with zero attached hydrogens (tertiary/aromatic N) is 1. The third-order valence-corrected chi connectivity index (χ3v) is 6.99. The first-order valence-electron chi connectivity index (χ1n) is 11.7. The Morgan fingerprint density at radius 3 is 1.97 bits per heavy atom. The van der Waals surface area contributed by atoms with Crippen molar-refractivity contribution in [3.8, 4) is 16.9 Å². The second-order valence-electron chi connectivity index (χ2n) is 9.23. The van der Waals surface area contributed by atoms with Crippen LogP contribution in [-0.2, 0) is 0 Å². The molecule has 0 spiro atoms. The summed E-state index contributed by atoms with van der Waals surface area (Å²) in [5, 5.41) is 0. The Labute approximate surface area is 188 Å². The van der Waals surface area contributed by atoms with Crippen LogP contribution in [0.1, 0.15) is 76.1 Å². The van der Waals surface area contributed by atoms with E-state index in [0.29, 0.717) is 6.73 Å². The lowest BCUT2D eigenvalue weighted by atomic mass is 9.80. The van der Waals surface area contributed by atoms with Crippen molar-refractivity contribution in [2.24, 2.45) is 11.8 Å². The van der Waals surface area contributed by atoms with E-state index in [0.717, 1.165) is 47.4 Å². The first-order valence-corrected chi connectivity index (χ1v) is 11.7. The summed E-state index contributed by atoms with van der Waals surface area (Å²) in [5.41, 5.74) is 3.01. The van der Waals surface area contributed by atoms with Crippen molar-refractivity contribution in [3.05, 3.63) is 54.1 Å². The molecule has 2 aromatic rings. The number of likely N-dealkylation sites (tertiary alicyclic amines) is 1. The van der Waals surface area contributed by atoms with Crippen LogP contribution >= 0.6 is 0 Å². The third kappa shape index (κ3) is 6.67. The molecule has 31 heavy (non-hydrogen) atoms. The topological polar surface area (TPSA) is 29.5 Å². The molecule has 3 nitrogen and oxygen atoms in total. The SMILES string of the molecule is C.CC(=O)c1ccc(-c2ccc(OCN3CCC(CC4CCCCC4)CC3)cc2)cc1. The molecular formula is C28H39NO2.